The summed E-state index contributed by atoms with van der Waals surface area (Å²) in [7, 11) is 0. The molecule has 0 saturated carbocycles. The Hall–Kier alpha value is -2.42. The number of para-hydroxylation sites is 1. The molecule has 0 radical (unpaired) electrons. The van der Waals surface area contributed by atoms with Gasteiger partial charge in [-0.25, -0.2) is 9.97 Å². The number of nitrogens with zero attached hydrogens (tertiary/aromatic N) is 2. The van der Waals surface area contributed by atoms with Gasteiger partial charge in [0.05, 0.1) is 11.8 Å². The Kier molecular flexibility index (Phi) is 3.57. The SMILES string of the molecule is Cc1nc(-c2ccccc2)c2cccc(OC(C)C)c2n1. The minimum Gasteiger partial charge on any atom is -0.489 e. The summed E-state index contributed by atoms with van der Waals surface area (Å²) in [6.45, 7) is 5.95. The van der Waals surface area contributed by atoms with Crippen molar-refractivity contribution in [2.75, 3.05) is 0 Å². The molecular formula is C18H18N2O. The number of rotatable bonds is 3. The first kappa shape index (κ1) is 13.6. The first-order chi connectivity index (χ1) is 10.1. The van der Waals surface area contributed by atoms with E-state index in [0.29, 0.717) is 0 Å². The Morgan fingerprint density at radius 3 is 2.38 bits per heavy atom. The lowest BCUT2D eigenvalue weighted by molar-refractivity contribution is 0.245. The lowest BCUT2D eigenvalue weighted by Crippen LogP contribution is -2.07. The molecule has 0 aliphatic rings. The van der Waals surface area contributed by atoms with Crippen molar-refractivity contribution < 1.29 is 4.74 Å². The van der Waals surface area contributed by atoms with Crippen LogP contribution in [0.3, 0.4) is 0 Å². The molecule has 3 aromatic rings. The summed E-state index contributed by atoms with van der Waals surface area (Å²) in [5, 5.41) is 1.02. The zero-order chi connectivity index (χ0) is 14.8. The van der Waals surface area contributed by atoms with E-state index in [0.717, 1.165) is 33.7 Å². The molecule has 0 aliphatic carbocycles. The van der Waals surface area contributed by atoms with Gasteiger partial charge in [-0.15, -0.1) is 0 Å². The lowest BCUT2D eigenvalue weighted by atomic mass is 10.1. The molecule has 3 heteroatoms. The Balaban J connectivity index is 2.27. The molecule has 0 amide bonds. The van der Waals surface area contributed by atoms with Crippen molar-refractivity contribution in [3.8, 4) is 17.0 Å². The molecule has 1 heterocycles. The number of hydrogen-bond donors (Lipinski definition) is 0. The minimum absolute atomic E-state index is 0.117. The van der Waals surface area contributed by atoms with E-state index < -0.39 is 0 Å². The molecule has 0 bridgehead atoms. The van der Waals surface area contributed by atoms with Gasteiger partial charge < -0.3 is 4.74 Å². The monoisotopic (exact) mass is 278 g/mol. The summed E-state index contributed by atoms with van der Waals surface area (Å²) < 4.78 is 5.88. The van der Waals surface area contributed by atoms with E-state index in [1.165, 1.54) is 0 Å². The van der Waals surface area contributed by atoms with Crippen LogP contribution in [-0.4, -0.2) is 16.1 Å². The maximum atomic E-state index is 5.88. The largest absolute Gasteiger partial charge is 0.489 e. The third-order valence-corrected chi connectivity index (χ3v) is 3.21. The Bertz CT molecular complexity index is 767. The van der Waals surface area contributed by atoms with Gasteiger partial charge in [0, 0.05) is 10.9 Å². The number of aromatic nitrogens is 2. The molecule has 1 aromatic heterocycles. The van der Waals surface area contributed by atoms with Crippen molar-refractivity contribution in [2.24, 2.45) is 0 Å². The van der Waals surface area contributed by atoms with Crippen LogP contribution in [0.5, 0.6) is 5.75 Å². The summed E-state index contributed by atoms with van der Waals surface area (Å²) in [6.07, 6.45) is 0.117. The van der Waals surface area contributed by atoms with Crippen LogP contribution in [0.1, 0.15) is 19.7 Å². The second kappa shape index (κ2) is 5.52. The zero-order valence-electron chi connectivity index (χ0n) is 12.5. The van der Waals surface area contributed by atoms with Crippen LogP contribution in [0.2, 0.25) is 0 Å². The average molecular weight is 278 g/mol. The molecule has 0 fully saturated rings. The van der Waals surface area contributed by atoms with Crippen LogP contribution in [0, 0.1) is 6.92 Å². The molecule has 0 saturated heterocycles. The van der Waals surface area contributed by atoms with Crippen LogP contribution >= 0.6 is 0 Å². The summed E-state index contributed by atoms with van der Waals surface area (Å²) >= 11 is 0. The van der Waals surface area contributed by atoms with Crippen LogP contribution in [0.15, 0.2) is 48.5 Å². The molecule has 3 rings (SSSR count). The van der Waals surface area contributed by atoms with Gasteiger partial charge in [0.2, 0.25) is 0 Å². The highest BCUT2D eigenvalue weighted by Crippen LogP contribution is 2.31. The Morgan fingerprint density at radius 1 is 0.905 bits per heavy atom. The highest BCUT2D eigenvalue weighted by molar-refractivity contribution is 5.95. The molecule has 3 nitrogen and oxygen atoms in total. The summed E-state index contributed by atoms with van der Waals surface area (Å²) in [6, 6.07) is 16.2. The molecule has 0 spiro atoms. The highest BCUT2D eigenvalue weighted by atomic mass is 16.5. The number of fused-ring (bicyclic) bond motifs is 1. The molecule has 0 aliphatic heterocycles. The fourth-order valence-corrected chi connectivity index (χ4v) is 2.40. The maximum absolute atomic E-state index is 5.88. The average Bonchev–Trinajstić information content (AvgIpc) is 2.47. The predicted octanol–water partition coefficient (Wildman–Crippen LogP) is 4.39. The van der Waals surface area contributed by atoms with Crippen LogP contribution in [0.25, 0.3) is 22.2 Å². The van der Waals surface area contributed by atoms with E-state index in [1.807, 2.05) is 57.2 Å². The maximum Gasteiger partial charge on any atom is 0.146 e. The van der Waals surface area contributed by atoms with Crippen molar-refractivity contribution in [2.45, 2.75) is 26.9 Å². The normalized spacial score (nSPS) is 11.0. The van der Waals surface area contributed by atoms with Crippen LogP contribution in [-0.2, 0) is 0 Å². The lowest BCUT2D eigenvalue weighted by Gasteiger charge is -2.13. The Morgan fingerprint density at radius 2 is 1.67 bits per heavy atom. The van der Waals surface area contributed by atoms with E-state index >= 15 is 0 Å². The van der Waals surface area contributed by atoms with Gasteiger partial charge in [-0.3, -0.25) is 0 Å². The fraction of sp³-hybridized carbons (Fsp3) is 0.222. The molecule has 0 unspecified atom stereocenters. The quantitative estimate of drug-likeness (QED) is 0.712. The topological polar surface area (TPSA) is 35.0 Å². The van der Waals surface area contributed by atoms with E-state index in [2.05, 4.69) is 22.1 Å². The highest BCUT2D eigenvalue weighted by Gasteiger charge is 2.12. The van der Waals surface area contributed by atoms with Crippen molar-refractivity contribution in [3.63, 3.8) is 0 Å². The first-order valence-corrected chi connectivity index (χ1v) is 7.14. The van der Waals surface area contributed by atoms with Gasteiger partial charge in [-0.2, -0.15) is 0 Å². The third kappa shape index (κ3) is 2.72. The van der Waals surface area contributed by atoms with Crippen molar-refractivity contribution in [1.82, 2.24) is 9.97 Å². The van der Waals surface area contributed by atoms with Gasteiger partial charge in [0.15, 0.2) is 0 Å². The Labute approximate surface area is 124 Å². The van der Waals surface area contributed by atoms with E-state index in [4.69, 9.17) is 4.74 Å². The molecule has 21 heavy (non-hydrogen) atoms. The summed E-state index contributed by atoms with van der Waals surface area (Å²) in [5.41, 5.74) is 2.92. The van der Waals surface area contributed by atoms with Crippen LogP contribution in [0.4, 0.5) is 0 Å². The van der Waals surface area contributed by atoms with Gasteiger partial charge >= 0.3 is 0 Å². The van der Waals surface area contributed by atoms with Crippen molar-refractivity contribution in [3.05, 3.63) is 54.4 Å². The molecule has 0 atom stereocenters. The first-order valence-electron chi connectivity index (χ1n) is 7.14. The van der Waals surface area contributed by atoms with Crippen molar-refractivity contribution >= 4 is 10.9 Å². The zero-order valence-corrected chi connectivity index (χ0v) is 12.5. The summed E-state index contributed by atoms with van der Waals surface area (Å²) in [4.78, 5) is 9.20. The van der Waals surface area contributed by atoms with E-state index in [1.54, 1.807) is 0 Å². The van der Waals surface area contributed by atoms with E-state index in [9.17, 15) is 0 Å². The third-order valence-electron chi connectivity index (χ3n) is 3.21. The van der Waals surface area contributed by atoms with E-state index in [-0.39, 0.29) is 6.10 Å². The second-order valence-electron chi connectivity index (χ2n) is 5.30. The summed E-state index contributed by atoms with van der Waals surface area (Å²) in [5.74, 6) is 1.56. The second-order valence-corrected chi connectivity index (χ2v) is 5.30. The number of ether oxygens (including phenoxy) is 1. The van der Waals surface area contributed by atoms with Gasteiger partial charge in [0.1, 0.15) is 17.1 Å². The minimum atomic E-state index is 0.117. The molecular weight excluding hydrogens is 260 g/mol. The number of aryl methyl sites for hydroxylation is 1. The van der Waals surface area contributed by atoms with Gasteiger partial charge in [-0.05, 0) is 26.8 Å². The smallest absolute Gasteiger partial charge is 0.146 e. The van der Waals surface area contributed by atoms with Gasteiger partial charge in [0.25, 0.3) is 0 Å². The standard InChI is InChI=1S/C18H18N2O/c1-12(2)21-16-11-7-10-15-17(14-8-5-4-6-9-14)19-13(3)20-18(15)16/h4-12H,1-3H3. The van der Waals surface area contributed by atoms with Gasteiger partial charge in [-0.1, -0.05) is 42.5 Å². The van der Waals surface area contributed by atoms with Crippen molar-refractivity contribution in [1.29, 1.82) is 0 Å². The van der Waals surface area contributed by atoms with Crippen LogP contribution < -0.4 is 4.74 Å². The number of benzene rings is 2. The fourth-order valence-electron chi connectivity index (χ4n) is 2.40. The molecule has 0 N–H and O–H groups in total. The molecule has 106 valence electrons. The molecule has 2 aromatic carbocycles. The predicted molar refractivity (Wildman–Crippen MR) is 85.5 cm³/mol. The number of hydrogen-bond acceptors (Lipinski definition) is 3.